The molecule has 0 saturated carbocycles. The van der Waals surface area contributed by atoms with E-state index in [1.807, 2.05) is 6.07 Å². The zero-order valence-corrected chi connectivity index (χ0v) is 10.4. The summed E-state index contributed by atoms with van der Waals surface area (Å²) in [5.41, 5.74) is 0.444. The number of carbonyl (C=O) groups is 2. The molecule has 6 nitrogen and oxygen atoms in total. The van der Waals surface area contributed by atoms with Gasteiger partial charge in [-0.1, -0.05) is 0 Å². The van der Waals surface area contributed by atoms with Gasteiger partial charge in [-0.2, -0.15) is 5.26 Å². The zero-order chi connectivity index (χ0) is 13.4. The van der Waals surface area contributed by atoms with Gasteiger partial charge in [0.15, 0.2) is 0 Å². The molecule has 3 N–H and O–H groups in total. The molecule has 0 aromatic carbocycles. The molecule has 0 aliphatic rings. The molecule has 0 saturated heterocycles. The van der Waals surface area contributed by atoms with Gasteiger partial charge in [0.2, 0.25) is 5.91 Å². The molecule has 0 fully saturated rings. The van der Waals surface area contributed by atoms with Crippen molar-refractivity contribution in [3.8, 4) is 6.07 Å². The van der Waals surface area contributed by atoms with Gasteiger partial charge in [-0.25, -0.2) is 0 Å². The summed E-state index contributed by atoms with van der Waals surface area (Å²) in [6.07, 6.45) is 0.559. The highest BCUT2D eigenvalue weighted by Crippen LogP contribution is 2.21. The van der Waals surface area contributed by atoms with Crippen LogP contribution in [0, 0.1) is 11.3 Å². The Hall–Kier alpha value is -1.91. The molecule has 0 spiro atoms. The minimum absolute atomic E-state index is 0.0815. The van der Waals surface area contributed by atoms with Gasteiger partial charge in [-0.15, -0.1) is 11.3 Å². The molecule has 0 atom stereocenters. The second-order valence-corrected chi connectivity index (χ2v) is 4.41. The zero-order valence-electron chi connectivity index (χ0n) is 9.60. The maximum atomic E-state index is 11.5. The van der Waals surface area contributed by atoms with Crippen molar-refractivity contribution in [3.63, 3.8) is 0 Å². The normalized spacial score (nSPS) is 9.72. The molecule has 1 amide bonds. The van der Waals surface area contributed by atoms with Crippen LogP contribution in [0.25, 0.3) is 0 Å². The number of carboxylic acid groups (broad SMARTS) is 1. The van der Waals surface area contributed by atoms with Gasteiger partial charge >= 0.3 is 5.97 Å². The SMILES string of the molecule is N#Cc1ccsc1NC(=O)CNCCCC(=O)O. The van der Waals surface area contributed by atoms with Crippen molar-refractivity contribution in [3.05, 3.63) is 17.0 Å². The molecule has 0 unspecified atom stereocenters. The third kappa shape index (κ3) is 4.95. The van der Waals surface area contributed by atoms with Crippen molar-refractivity contribution >= 4 is 28.2 Å². The maximum Gasteiger partial charge on any atom is 0.303 e. The van der Waals surface area contributed by atoms with E-state index >= 15 is 0 Å². The number of hydrogen-bond donors (Lipinski definition) is 3. The number of carboxylic acids is 1. The lowest BCUT2D eigenvalue weighted by molar-refractivity contribution is -0.137. The molecular formula is C11H13N3O3S. The first-order valence-corrected chi connectivity index (χ1v) is 6.21. The van der Waals surface area contributed by atoms with E-state index in [-0.39, 0.29) is 18.9 Å². The number of thiophene rings is 1. The second kappa shape index (κ2) is 7.42. The summed E-state index contributed by atoms with van der Waals surface area (Å²) in [6.45, 7) is 0.567. The van der Waals surface area contributed by atoms with Crippen molar-refractivity contribution in [1.29, 1.82) is 5.26 Å². The van der Waals surface area contributed by atoms with Crippen molar-refractivity contribution in [2.75, 3.05) is 18.4 Å². The summed E-state index contributed by atoms with van der Waals surface area (Å²) in [5, 5.41) is 24.9. The number of hydrogen-bond acceptors (Lipinski definition) is 5. The third-order valence-corrected chi connectivity index (χ3v) is 2.90. The minimum Gasteiger partial charge on any atom is -0.481 e. The van der Waals surface area contributed by atoms with Gasteiger partial charge in [-0.05, 0) is 24.4 Å². The average Bonchev–Trinajstić information content (AvgIpc) is 2.75. The fourth-order valence-electron chi connectivity index (χ4n) is 1.23. The van der Waals surface area contributed by atoms with Crippen LogP contribution in [0.5, 0.6) is 0 Å². The molecule has 1 aromatic heterocycles. The van der Waals surface area contributed by atoms with E-state index in [1.165, 1.54) is 11.3 Å². The highest BCUT2D eigenvalue weighted by molar-refractivity contribution is 7.14. The summed E-state index contributed by atoms with van der Waals surface area (Å²) in [4.78, 5) is 21.7. The van der Waals surface area contributed by atoms with Crippen LogP contribution in [-0.4, -0.2) is 30.1 Å². The monoisotopic (exact) mass is 267 g/mol. The Bertz CT molecular complexity index is 464. The van der Waals surface area contributed by atoms with Crippen molar-refractivity contribution in [1.82, 2.24) is 5.32 Å². The standard InChI is InChI=1S/C11H13N3O3S/c12-6-8-3-5-18-11(8)14-9(15)7-13-4-1-2-10(16)17/h3,5,13H,1-2,4,7H2,(H,14,15)(H,16,17). The lowest BCUT2D eigenvalue weighted by Gasteiger charge is -2.04. The van der Waals surface area contributed by atoms with E-state index in [0.29, 0.717) is 23.5 Å². The van der Waals surface area contributed by atoms with E-state index in [4.69, 9.17) is 10.4 Å². The van der Waals surface area contributed by atoms with E-state index in [9.17, 15) is 9.59 Å². The first-order valence-electron chi connectivity index (χ1n) is 5.33. The van der Waals surface area contributed by atoms with E-state index in [2.05, 4.69) is 10.6 Å². The molecule has 18 heavy (non-hydrogen) atoms. The number of amides is 1. The van der Waals surface area contributed by atoms with Crippen LogP contribution >= 0.6 is 11.3 Å². The lowest BCUT2D eigenvalue weighted by atomic mass is 10.3. The van der Waals surface area contributed by atoms with Gasteiger partial charge in [-0.3, -0.25) is 9.59 Å². The minimum atomic E-state index is -0.849. The summed E-state index contributed by atoms with van der Waals surface area (Å²) < 4.78 is 0. The first-order chi connectivity index (χ1) is 8.63. The second-order valence-electron chi connectivity index (χ2n) is 3.50. The van der Waals surface area contributed by atoms with E-state index < -0.39 is 5.97 Å². The summed E-state index contributed by atoms with van der Waals surface area (Å²) >= 11 is 1.29. The van der Waals surface area contributed by atoms with E-state index in [1.54, 1.807) is 11.4 Å². The Morgan fingerprint density at radius 1 is 1.50 bits per heavy atom. The largest absolute Gasteiger partial charge is 0.481 e. The highest BCUT2D eigenvalue weighted by Gasteiger charge is 2.07. The van der Waals surface area contributed by atoms with Crippen LogP contribution in [0.2, 0.25) is 0 Å². The molecule has 0 aliphatic heterocycles. The summed E-state index contributed by atoms with van der Waals surface area (Å²) in [7, 11) is 0. The van der Waals surface area contributed by atoms with Crippen molar-refractivity contribution < 1.29 is 14.7 Å². The smallest absolute Gasteiger partial charge is 0.303 e. The molecule has 0 radical (unpaired) electrons. The lowest BCUT2D eigenvalue weighted by Crippen LogP contribution is -2.28. The van der Waals surface area contributed by atoms with Gasteiger partial charge in [0.05, 0.1) is 12.1 Å². The van der Waals surface area contributed by atoms with Crippen LogP contribution in [-0.2, 0) is 9.59 Å². The van der Waals surface area contributed by atoms with Crippen LogP contribution in [0.3, 0.4) is 0 Å². The number of anilines is 1. The number of nitrogens with zero attached hydrogens (tertiary/aromatic N) is 1. The highest BCUT2D eigenvalue weighted by atomic mass is 32.1. The summed E-state index contributed by atoms with van der Waals surface area (Å²) in [5.74, 6) is -1.09. The molecule has 1 aromatic rings. The van der Waals surface area contributed by atoms with Crippen molar-refractivity contribution in [2.24, 2.45) is 0 Å². The number of rotatable bonds is 7. The average molecular weight is 267 g/mol. The van der Waals surface area contributed by atoms with Crippen LogP contribution in [0.15, 0.2) is 11.4 Å². The van der Waals surface area contributed by atoms with Gasteiger partial charge in [0, 0.05) is 6.42 Å². The Kier molecular flexibility index (Phi) is 5.84. The number of nitriles is 1. The molecular weight excluding hydrogens is 254 g/mol. The molecule has 0 bridgehead atoms. The molecule has 0 aliphatic carbocycles. The Morgan fingerprint density at radius 3 is 2.94 bits per heavy atom. The van der Waals surface area contributed by atoms with Gasteiger partial charge in [0.25, 0.3) is 0 Å². The maximum absolute atomic E-state index is 11.5. The fraction of sp³-hybridized carbons (Fsp3) is 0.364. The summed E-state index contributed by atoms with van der Waals surface area (Å²) in [6, 6.07) is 3.62. The van der Waals surface area contributed by atoms with Crippen LogP contribution in [0.1, 0.15) is 18.4 Å². The first kappa shape index (κ1) is 14.2. The van der Waals surface area contributed by atoms with Crippen LogP contribution in [0.4, 0.5) is 5.00 Å². The predicted molar refractivity (Wildman–Crippen MR) is 67.4 cm³/mol. The Labute approximate surface area is 108 Å². The molecule has 7 heteroatoms. The topological polar surface area (TPSA) is 102 Å². The molecule has 96 valence electrons. The Balaban J connectivity index is 2.22. The van der Waals surface area contributed by atoms with E-state index in [0.717, 1.165) is 0 Å². The van der Waals surface area contributed by atoms with Gasteiger partial charge < -0.3 is 15.7 Å². The Morgan fingerprint density at radius 2 is 2.28 bits per heavy atom. The van der Waals surface area contributed by atoms with Crippen molar-refractivity contribution in [2.45, 2.75) is 12.8 Å². The fourth-order valence-corrected chi connectivity index (χ4v) is 1.99. The number of aliphatic carboxylic acids is 1. The molecule has 1 heterocycles. The van der Waals surface area contributed by atoms with Gasteiger partial charge in [0.1, 0.15) is 11.1 Å². The quantitative estimate of drug-likeness (QED) is 0.640. The third-order valence-electron chi connectivity index (χ3n) is 2.07. The molecule has 1 rings (SSSR count). The van der Waals surface area contributed by atoms with Crippen LogP contribution < -0.4 is 10.6 Å². The predicted octanol–water partition coefficient (Wildman–Crippen LogP) is 1.01. The number of carbonyl (C=O) groups excluding carboxylic acids is 1. The number of nitrogens with one attached hydrogen (secondary N) is 2.